The van der Waals surface area contributed by atoms with Crippen molar-refractivity contribution in [2.24, 2.45) is 0 Å². The van der Waals surface area contributed by atoms with Gasteiger partial charge in [0.1, 0.15) is 17.4 Å². The van der Waals surface area contributed by atoms with Crippen molar-refractivity contribution in [2.45, 2.75) is 84.8 Å². The number of aromatic nitrogens is 2. The van der Waals surface area contributed by atoms with E-state index < -0.39 is 17.7 Å². The average molecular weight is 680 g/mol. The number of hydrogen-bond acceptors (Lipinski definition) is 9. The van der Waals surface area contributed by atoms with Crippen LogP contribution in [0, 0.1) is 13.8 Å². The molecule has 3 unspecified atom stereocenters. The Balaban J connectivity index is 1.25. The summed E-state index contributed by atoms with van der Waals surface area (Å²) in [5, 5.41) is 20.3. The fourth-order valence-corrected chi connectivity index (χ4v) is 7.65. The van der Waals surface area contributed by atoms with Gasteiger partial charge in [-0.2, -0.15) is 0 Å². The summed E-state index contributed by atoms with van der Waals surface area (Å²) in [7, 11) is 0. The number of carboxylic acid groups (broad SMARTS) is 1. The first-order valence-corrected chi connectivity index (χ1v) is 17.9. The summed E-state index contributed by atoms with van der Waals surface area (Å²) in [6.07, 6.45) is 1.77. The number of aliphatic hydroxyl groups excluding tert-OH is 1. The highest BCUT2D eigenvalue weighted by Gasteiger charge is 2.37. The number of fused-ring (bicyclic) bond motifs is 2. The number of oxazole rings is 1. The van der Waals surface area contributed by atoms with E-state index >= 15 is 0 Å². The van der Waals surface area contributed by atoms with Crippen LogP contribution in [-0.4, -0.2) is 98.0 Å². The molecule has 2 aliphatic heterocycles. The highest BCUT2D eigenvalue weighted by Crippen LogP contribution is 2.43. The van der Waals surface area contributed by atoms with Gasteiger partial charge in [0.2, 0.25) is 5.89 Å². The Morgan fingerprint density at radius 3 is 2.36 bits per heavy atom. The van der Waals surface area contributed by atoms with Crippen LogP contribution in [0.4, 0.5) is 0 Å². The molecule has 3 aliphatic rings. The Morgan fingerprint density at radius 1 is 1.04 bits per heavy atom. The number of carbonyl (C=O) groups is 1. The standard InChI is InChI=1S/C40H49N5O5/c1-8-26-20-32(44-17-15-43(16-18-44)28-21-45(22-28)25(4)46)35-29(26)13-14-30(41-35)38-42-31-19-24(3)33(37(39(47)48)50-40(5,6)7)34(36(31)49-38)27-11-9-23(2)10-12-27/h9-14,19-20,25-26,28,37,46H,8,15-18,21-22H2,1-7H3,(H,47,48). The molecular weight excluding hydrogens is 630 g/mol. The van der Waals surface area contributed by atoms with E-state index in [9.17, 15) is 15.0 Å². The number of hydrogen-bond donors (Lipinski definition) is 2. The number of aryl methyl sites for hydroxylation is 2. The Hall–Kier alpha value is -4.09. The predicted octanol–water partition coefficient (Wildman–Crippen LogP) is 6.60. The summed E-state index contributed by atoms with van der Waals surface area (Å²) in [6.45, 7) is 19.2. The van der Waals surface area contributed by atoms with Gasteiger partial charge in [-0.15, -0.1) is 0 Å². The maximum Gasteiger partial charge on any atom is 0.337 e. The molecule has 2 fully saturated rings. The summed E-state index contributed by atoms with van der Waals surface area (Å²) < 4.78 is 12.8. The van der Waals surface area contributed by atoms with Gasteiger partial charge in [0.15, 0.2) is 11.7 Å². The first kappa shape index (κ1) is 34.4. The van der Waals surface area contributed by atoms with Gasteiger partial charge in [0.05, 0.1) is 17.0 Å². The van der Waals surface area contributed by atoms with E-state index in [0.717, 1.165) is 68.1 Å². The van der Waals surface area contributed by atoms with E-state index in [1.165, 1.54) is 11.3 Å². The number of piperazine rings is 1. The van der Waals surface area contributed by atoms with Crippen molar-refractivity contribution in [1.29, 1.82) is 0 Å². The number of allylic oxidation sites excluding steroid dienone is 1. The van der Waals surface area contributed by atoms with Crippen LogP contribution >= 0.6 is 0 Å². The topological polar surface area (TPSA) is 115 Å². The second kappa shape index (κ2) is 13.2. The van der Waals surface area contributed by atoms with Crippen LogP contribution in [-0.2, 0) is 9.53 Å². The maximum absolute atomic E-state index is 12.8. The molecule has 2 aromatic carbocycles. The molecule has 10 nitrogen and oxygen atoms in total. The molecule has 0 radical (unpaired) electrons. The minimum absolute atomic E-state index is 0.295. The number of likely N-dealkylation sites (tertiary alicyclic amines) is 1. The van der Waals surface area contributed by atoms with Crippen LogP contribution in [0.15, 0.2) is 53.0 Å². The average Bonchev–Trinajstić information content (AvgIpc) is 3.64. The summed E-state index contributed by atoms with van der Waals surface area (Å²) in [6, 6.07) is 14.6. The molecule has 10 heteroatoms. The van der Waals surface area contributed by atoms with Crippen LogP contribution in [0.1, 0.15) is 81.0 Å². The second-order valence-corrected chi connectivity index (χ2v) is 15.1. The van der Waals surface area contributed by atoms with E-state index in [1.807, 2.05) is 77.9 Å². The molecule has 2 N–H and O–H groups in total. The van der Waals surface area contributed by atoms with Crippen molar-refractivity contribution in [3.8, 4) is 22.7 Å². The molecule has 264 valence electrons. The molecule has 4 aromatic rings. The first-order valence-electron chi connectivity index (χ1n) is 17.9. The van der Waals surface area contributed by atoms with Gasteiger partial charge in [0.25, 0.3) is 0 Å². The minimum Gasteiger partial charge on any atom is -0.479 e. The normalized spacial score (nSPS) is 20.1. The van der Waals surface area contributed by atoms with Gasteiger partial charge < -0.3 is 24.3 Å². The molecular formula is C40H49N5O5. The van der Waals surface area contributed by atoms with Crippen molar-refractivity contribution in [1.82, 2.24) is 24.7 Å². The SMILES string of the molecule is CCC1C=C(N2CCN(C3CN(C(C)O)C3)CC2)c2nc(-c3nc4cc(C)c(C(OC(C)(C)C)C(=O)O)c(-c5ccc(C)cc5)c4o3)ccc21. The third-order valence-corrected chi connectivity index (χ3v) is 10.4. The predicted molar refractivity (Wildman–Crippen MR) is 195 cm³/mol. The Bertz CT molecular complexity index is 1930. The van der Waals surface area contributed by atoms with Crippen LogP contribution in [0.3, 0.4) is 0 Å². The number of nitrogens with zero attached hydrogens (tertiary/aromatic N) is 5. The Kier molecular flexibility index (Phi) is 9.09. The van der Waals surface area contributed by atoms with Crippen LogP contribution in [0.25, 0.3) is 39.5 Å². The lowest BCUT2D eigenvalue weighted by Gasteiger charge is -2.49. The second-order valence-electron chi connectivity index (χ2n) is 15.1. The smallest absolute Gasteiger partial charge is 0.337 e. The van der Waals surface area contributed by atoms with Gasteiger partial charge in [-0.05, 0) is 76.8 Å². The number of pyridine rings is 1. The molecule has 0 spiro atoms. The van der Waals surface area contributed by atoms with Crippen molar-refractivity contribution >= 4 is 22.8 Å². The lowest BCUT2D eigenvalue weighted by Crippen LogP contribution is -2.64. The molecule has 0 amide bonds. The van der Waals surface area contributed by atoms with Crippen molar-refractivity contribution in [3.63, 3.8) is 0 Å². The molecule has 1 aliphatic carbocycles. The fraction of sp³-hybridized carbons (Fsp3) is 0.475. The summed E-state index contributed by atoms with van der Waals surface area (Å²) in [4.78, 5) is 30.0. The molecule has 0 saturated carbocycles. The molecule has 50 heavy (non-hydrogen) atoms. The lowest BCUT2D eigenvalue weighted by molar-refractivity contribution is -0.160. The van der Waals surface area contributed by atoms with E-state index in [1.54, 1.807) is 0 Å². The number of aliphatic hydroxyl groups is 1. The van der Waals surface area contributed by atoms with Gasteiger partial charge in [0, 0.05) is 62.4 Å². The number of aliphatic carboxylic acids is 1. The summed E-state index contributed by atoms with van der Waals surface area (Å²) >= 11 is 0. The lowest BCUT2D eigenvalue weighted by atomic mass is 9.90. The van der Waals surface area contributed by atoms with Crippen LogP contribution in [0.2, 0.25) is 0 Å². The van der Waals surface area contributed by atoms with E-state index in [0.29, 0.717) is 45.8 Å². The quantitative estimate of drug-likeness (QED) is 0.201. The van der Waals surface area contributed by atoms with E-state index in [-0.39, 0.29) is 6.23 Å². The Labute approximate surface area is 294 Å². The molecule has 4 heterocycles. The summed E-state index contributed by atoms with van der Waals surface area (Å²) in [5.74, 6) is -0.368. The van der Waals surface area contributed by atoms with Crippen molar-refractivity contribution in [2.75, 3.05) is 39.3 Å². The number of ether oxygens (including phenoxy) is 1. The zero-order valence-corrected chi connectivity index (χ0v) is 30.2. The van der Waals surface area contributed by atoms with Crippen molar-refractivity contribution in [3.05, 3.63) is 76.5 Å². The van der Waals surface area contributed by atoms with Crippen LogP contribution < -0.4 is 0 Å². The van der Waals surface area contributed by atoms with Gasteiger partial charge >= 0.3 is 5.97 Å². The van der Waals surface area contributed by atoms with Crippen molar-refractivity contribution < 1.29 is 24.2 Å². The highest BCUT2D eigenvalue weighted by atomic mass is 16.5. The third-order valence-electron chi connectivity index (χ3n) is 10.4. The van der Waals surface area contributed by atoms with Gasteiger partial charge in [-0.1, -0.05) is 48.9 Å². The molecule has 0 bridgehead atoms. The van der Waals surface area contributed by atoms with Gasteiger partial charge in [-0.25, -0.2) is 14.8 Å². The van der Waals surface area contributed by atoms with Crippen LogP contribution in [0.5, 0.6) is 0 Å². The molecule has 7 rings (SSSR count). The van der Waals surface area contributed by atoms with E-state index in [4.69, 9.17) is 19.1 Å². The highest BCUT2D eigenvalue weighted by molar-refractivity contribution is 5.97. The maximum atomic E-state index is 12.8. The molecule has 3 atom stereocenters. The largest absolute Gasteiger partial charge is 0.479 e. The first-order chi connectivity index (χ1) is 23.8. The third kappa shape index (κ3) is 6.46. The molecule has 2 aromatic heterocycles. The zero-order chi connectivity index (χ0) is 35.5. The monoisotopic (exact) mass is 679 g/mol. The zero-order valence-electron chi connectivity index (χ0n) is 30.2. The number of benzene rings is 2. The fourth-order valence-electron chi connectivity index (χ4n) is 7.65. The number of rotatable bonds is 9. The molecule has 2 saturated heterocycles. The minimum atomic E-state index is -1.21. The summed E-state index contributed by atoms with van der Waals surface area (Å²) in [5.41, 5.74) is 8.41. The number of carboxylic acids is 1. The van der Waals surface area contributed by atoms with Gasteiger partial charge in [-0.3, -0.25) is 9.80 Å². The Morgan fingerprint density at radius 2 is 1.74 bits per heavy atom. The van der Waals surface area contributed by atoms with E-state index in [2.05, 4.69) is 33.8 Å².